The first-order valence-corrected chi connectivity index (χ1v) is 6.90. The van der Waals surface area contributed by atoms with Gasteiger partial charge in [0.05, 0.1) is 16.4 Å². The fourth-order valence-corrected chi connectivity index (χ4v) is 2.42. The molecule has 102 valence electrons. The van der Waals surface area contributed by atoms with Crippen LogP contribution in [0.5, 0.6) is 0 Å². The van der Waals surface area contributed by atoms with Gasteiger partial charge in [0.2, 0.25) is 0 Å². The van der Waals surface area contributed by atoms with Gasteiger partial charge in [-0.3, -0.25) is 4.68 Å². The van der Waals surface area contributed by atoms with E-state index in [1.54, 1.807) is 0 Å². The molecule has 4 heteroatoms. The van der Waals surface area contributed by atoms with Crippen LogP contribution in [0.4, 0.5) is 0 Å². The predicted octanol–water partition coefficient (Wildman–Crippen LogP) is 3.02. The van der Waals surface area contributed by atoms with E-state index in [0.29, 0.717) is 0 Å². The molecule has 0 bridgehead atoms. The molecule has 1 N–H and O–H groups in total. The average Bonchev–Trinajstić information content (AvgIpc) is 2.62. The number of halogens is 1. The van der Waals surface area contributed by atoms with Crippen LogP contribution in [0.1, 0.15) is 22.5 Å². The van der Waals surface area contributed by atoms with Gasteiger partial charge in [-0.1, -0.05) is 35.9 Å². The third kappa shape index (κ3) is 3.37. The smallest absolute Gasteiger partial charge is 0.0860 e. The predicted molar refractivity (Wildman–Crippen MR) is 79.5 cm³/mol. The van der Waals surface area contributed by atoms with Crippen molar-refractivity contribution >= 4 is 11.6 Å². The molecule has 2 aromatic rings. The summed E-state index contributed by atoms with van der Waals surface area (Å²) in [5.41, 5.74) is 4.67. The second kappa shape index (κ2) is 6.22. The van der Waals surface area contributed by atoms with Gasteiger partial charge in [0, 0.05) is 13.6 Å². The van der Waals surface area contributed by atoms with Crippen LogP contribution >= 0.6 is 11.6 Å². The topological polar surface area (TPSA) is 29.9 Å². The van der Waals surface area contributed by atoms with E-state index in [4.69, 9.17) is 11.6 Å². The minimum atomic E-state index is 0.752. The summed E-state index contributed by atoms with van der Waals surface area (Å²) < 4.78 is 1.85. The summed E-state index contributed by atoms with van der Waals surface area (Å²) in [5.74, 6) is 0. The highest BCUT2D eigenvalue weighted by Gasteiger charge is 2.09. The van der Waals surface area contributed by atoms with Gasteiger partial charge in [-0.15, -0.1) is 0 Å². The average molecular weight is 278 g/mol. The van der Waals surface area contributed by atoms with Crippen LogP contribution in [0.15, 0.2) is 24.3 Å². The number of nitrogens with zero attached hydrogens (tertiary/aromatic N) is 2. The summed E-state index contributed by atoms with van der Waals surface area (Å²) >= 11 is 6.21. The third-order valence-corrected chi connectivity index (χ3v) is 3.88. The summed E-state index contributed by atoms with van der Waals surface area (Å²) in [6.07, 6.45) is 1.03. The largest absolute Gasteiger partial charge is 0.311 e. The zero-order valence-electron chi connectivity index (χ0n) is 11.7. The van der Waals surface area contributed by atoms with E-state index < -0.39 is 0 Å². The molecule has 0 saturated heterocycles. The zero-order chi connectivity index (χ0) is 13.8. The first-order chi connectivity index (χ1) is 9.09. The van der Waals surface area contributed by atoms with Crippen molar-refractivity contribution in [2.45, 2.75) is 26.8 Å². The number of hydrogen-bond donors (Lipinski definition) is 1. The van der Waals surface area contributed by atoms with Crippen molar-refractivity contribution in [1.82, 2.24) is 15.1 Å². The first-order valence-electron chi connectivity index (χ1n) is 6.52. The van der Waals surface area contributed by atoms with Gasteiger partial charge >= 0.3 is 0 Å². The number of aryl methyl sites for hydroxylation is 3. The molecular formula is C15H20ClN3. The van der Waals surface area contributed by atoms with Crippen molar-refractivity contribution in [3.63, 3.8) is 0 Å². The van der Waals surface area contributed by atoms with Crippen molar-refractivity contribution in [2.75, 3.05) is 6.54 Å². The highest BCUT2D eigenvalue weighted by molar-refractivity contribution is 6.31. The zero-order valence-corrected chi connectivity index (χ0v) is 12.5. The Labute approximate surface area is 119 Å². The van der Waals surface area contributed by atoms with Gasteiger partial charge in [0.15, 0.2) is 0 Å². The Bertz CT molecular complexity index is 561. The number of hydrogen-bond acceptors (Lipinski definition) is 2. The lowest BCUT2D eigenvalue weighted by Gasteiger charge is -2.08. The highest BCUT2D eigenvalue weighted by atomic mass is 35.5. The maximum atomic E-state index is 6.21. The molecule has 0 fully saturated rings. The van der Waals surface area contributed by atoms with Crippen LogP contribution < -0.4 is 5.32 Å². The quantitative estimate of drug-likeness (QED) is 0.852. The van der Waals surface area contributed by atoms with Crippen LogP contribution in [-0.2, 0) is 20.0 Å². The third-order valence-electron chi connectivity index (χ3n) is 3.39. The minimum absolute atomic E-state index is 0.752. The highest BCUT2D eigenvalue weighted by Crippen LogP contribution is 2.18. The summed E-state index contributed by atoms with van der Waals surface area (Å²) in [5, 5.41) is 8.50. The first kappa shape index (κ1) is 14.1. The molecule has 1 aromatic heterocycles. The van der Waals surface area contributed by atoms with Crippen LogP contribution in [0.3, 0.4) is 0 Å². The van der Waals surface area contributed by atoms with Crippen molar-refractivity contribution in [3.05, 3.63) is 51.8 Å². The van der Waals surface area contributed by atoms with Gasteiger partial charge in [0.25, 0.3) is 0 Å². The van der Waals surface area contributed by atoms with Gasteiger partial charge < -0.3 is 5.32 Å². The molecule has 1 aromatic carbocycles. The molecular weight excluding hydrogens is 258 g/mol. The molecule has 0 saturated carbocycles. The second-order valence-corrected chi connectivity index (χ2v) is 5.20. The maximum Gasteiger partial charge on any atom is 0.0860 e. The standard InChI is InChI=1S/C15H20ClN3/c1-11-6-4-5-7-13(11)8-9-17-10-14-15(16)12(2)18-19(14)3/h4-7,17H,8-10H2,1-3H3. The summed E-state index contributed by atoms with van der Waals surface area (Å²) in [7, 11) is 1.93. The second-order valence-electron chi connectivity index (χ2n) is 4.82. The van der Waals surface area contributed by atoms with E-state index >= 15 is 0 Å². The van der Waals surface area contributed by atoms with Crippen LogP contribution in [0.2, 0.25) is 5.02 Å². The van der Waals surface area contributed by atoms with Crippen LogP contribution in [0.25, 0.3) is 0 Å². The molecule has 0 unspecified atom stereocenters. The minimum Gasteiger partial charge on any atom is -0.311 e. The number of aromatic nitrogens is 2. The van der Waals surface area contributed by atoms with Crippen molar-refractivity contribution in [3.8, 4) is 0 Å². The number of nitrogens with one attached hydrogen (secondary N) is 1. The lowest BCUT2D eigenvalue weighted by atomic mass is 10.1. The van der Waals surface area contributed by atoms with Gasteiger partial charge in [-0.2, -0.15) is 5.10 Å². The van der Waals surface area contributed by atoms with E-state index in [0.717, 1.165) is 35.9 Å². The molecule has 0 amide bonds. The summed E-state index contributed by atoms with van der Waals surface area (Å²) in [6, 6.07) is 8.49. The van der Waals surface area contributed by atoms with Crippen LogP contribution in [-0.4, -0.2) is 16.3 Å². The van der Waals surface area contributed by atoms with Gasteiger partial charge in [0.1, 0.15) is 0 Å². The molecule has 1 heterocycles. The summed E-state index contributed by atoms with van der Waals surface area (Å²) in [4.78, 5) is 0. The Morgan fingerprint density at radius 3 is 2.63 bits per heavy atom. The lowest BCUT2D eigenvalue weighted by Crippen LogP contribution is -2.19. The molecule has 0 aliphatic heterocycles. The molecule has 0 aliphatic carbocycles. The molecule has 3 nitrogen and oxygen atoms in total. The number of rotatable bonds is 5. The van der Waals surface area contributed by atoms with Gasteiger partial charge in [-0.05, 0) is 37.9 Å². The fourth-order valence-electron chi connectivity index (χ4n) is 2.19. The van der Waals surface area contributed by atoms with E-state index in [-0.39, 0.29) is 0 Å². The van der Waals surface area contributed by atoms with Crippen molar-refractivity contribution in [1.29, 1.82) is 0 Å². The maximum absolute atomic E-state index is 6.21. The van der Waals surface area contributed by atoms with E-state index in [1.807, 2.05) is 18.7 Å². The molecule has 0 radical (unpaired) electrons. The summed E-state index contributed by atoms with van der Waals surface area (Å²) in [6.45, 7) is 5.77. The molecule has 0 spiro atoms. The Morgan fingerprint density at radius 1 is 1.26 bits per heavy atom. The molecule has 2 rings (SSSR count). The molecule has 19 heavy (non-hydrogen) atoms. The normalized spacial score (nSPS) is 10.9. The van der Waals surface area contributed by atoms with Crippen molar-refractivity contribution in [2.24, 2.45) is 7.05 Å². The lowest BCUT2D eigenvalue weighted by molar-refractivity contribution is 0.624. The van der Waals surface area contributed by atoms with Gasteiger partial charge in [-0.25, -0.2) is 0 Å². The Balaban J connectivity index is 1.86. The van der Waals surface area contributed by atoms with Crippen LogP contribution in [0, 0.1) is 13.8 Å². The van der Waals surface area contributed by atoms with E-state index in [2.05, 4.69) is 41.6 Å². The Hall–Kier alpha value is -1.32. The van der Waals surface area contributed by atoms with E-state index in [9.17, 15) is 0 Å². The molecule has 0 aliphatic rings. The van der Waals surface area contributed by atoms with E-state index in [1.165, 1.54) is 11.1 Å². The monoisotopic (exact) mass is 277 g/mol. The Morgan fingerprint density at radius 2 is 2.00 bits per heavy atom. The SMILES string of the molecule is Cc1ccccc1CCNCc1c(Cl)c(C)nn1C. The fraction of sp³-hybridized carbons (Fsp3) is 0.400. The molecule has 0 atom stereocenters. The Kier molecular flexibility index (Phi) is 4.61. The van der Waals surface area contributed by atoms with Crippen molar-refractivity contribution < 1.29 is 0 Å². The number of benzene rings is 1.